The van der Waals surface area contributed by atoms with Crippen molar-refractivity contribution in [2.24, 2.45) is 0 Å². The Labute approximate surface area is 149 Å². The summed E-state index contributed by atoms with van der Waals surface area (Å²) in [5.41, 5.74) is 6.47. The maximum atomic E-state index is 2.35. The van der Waals surface area contributed by atoms with Gasteiger partial charge in [-0.25, -0.2) is 0 Å². The molecule has 0 spiro atoms. The Bertz CT molecular complexity index is 997. The first-order valence-corrected chi connectivity index (χ1v) is 8.88. The first-order chi connectivity index (χ1) is 12.4. The van der Waals surface area contributed by atoms with Gasteiger partial charge in [-0.3, -0.25) is 0 Å². The molecular weight excluding hydrogens is 300 g/mol. The predicted octanol–water partition coefficient (Wildman–Crippen LogP) is 7.14. The van der Waals surface area contributed by atoms with Gasteiger partial charge in [0.15, 0.2) is 0 Å². The maximum absolute atomic E-state index is 2.35. The van der Waals surface area contributed by atoms with E-state index in [1.807, 2.05) is 0 Å². The SMILES string of the molecule is CC[CH]c1c(-c2ccccc2-c2ccccc2)ccc2ccccc12. The molecule has 25 heavy (non-hydrogen) atoms. The van der Waals surface area contributed by atoms with Crippen LogP contribution in [0.4, 0.5) is 0 Å². The fourth-order valence-electron chi connectivity index (χ4n) is 3.54. The molecule has 0 N–H and O–H groups in total. The van der Waals surface area contributed by atoms with E-state index in [1.165, 1.54) is 38.6 Å². The molecule has 0 heterocycles. The minimum atomic E-state index is 1.02. The maximum Gasteiger partial charge on any atom is -0.00830 e. The van der Waals surface area contributed by atoms with Gasteiger partial charge in [-0.05, 0) is 51.4 Å². The lowest BCUT2D eigenvalue weighted by molar-refractivity contribution is 1.13. The zero-order valence-electron chi connectivity index (χ0n) is 14.4. The van der Waals surface area contributed by atoms with E-state index >= 15 is 0 Å². The van der Waals surface area contributed by atoms with Gasteiger partial charge < -0.3 is 0 Å². The summed E-state index contributed by atoms with van der Waals surface area (Å²) < 4.78 is 0. The first kappa shape index (κ1) is 15.7. The Morgan fingerprint density at radius 2 is 1.28 bits per heavy atom. The second kappa shape index (κ2) is 6.94. The van der Waals surface area contributed by atoms with Gasteiger partial charge in [0.25, 0.3) is 0 Å². The van der Waals surface area contributed by atoms with Crippen LogP contribution in [0.15, 0.2) is 91.0 Å². The Kier molecular flexibility index (Phi) is 4.35. The van der Waals surface area contributed by atoms with Crippen molar-refractivity contribution in [3.05, 3.63) is 103 Å². The zero-order valence-corrected chi connectivity index (χ0v) is 14.4. The second-order valence-electron chi connectivity index (χ2n) is 6.27. The van der Waals surface area contributed by atoms with Crippen LogP contribution in [0.1, 0.15) is 18.9 Å². The lowest BCUT2D eigenvalue weighted by atomic mass is 9.88. The van der Waals surface area contributed by atoms with E-state index in [9.17, 15) is 0 Å². The topological polar surface area (TPSA) is 0 Å². The largest absolute Gasteiger partial charge is 0.0648 e. The van der Waals surface area contributed by atoms with Crippen molar-refractivity contribution in [1.82, 2.24) is 0 Å². The minimum absolute atomic E-state index is 1.02. The van der Waals surface area contributed by atoms with E-state index in [2.05, 4.69) is 104 Å². The Hall–Kier alpha value is -2.86. The molecule has 0 aliphatic heterocycles. The molecule has 0 fully saturated rings. The molecule has 0 aliphatic carbocycles. The molecular formula is C25H21. The van der Waals surface area contributed by atoms with E-state index in [4.69, 9.17) is 0 Å². The van der Waals surface area contributed by atoms with Gasteiger partial charge in [0.05, 0.1) is 0 Å². The number of hydrogen-bond donors (Lipinski definition) is 0. The summed E-state index contributed by atoms with van der Waals surface area (Å²) in [6.07, 6.45) is 3.37. The highest BCUT2D eigenvalue weighted by Crippen LogP contribution is 2.37. The summed E-state index contributed by atoms with van der Waals surface area (Å²) in [6.45, 7) is 2.20. The standard InChI is InChI=1S/C25H21/c1-2-10-23-22-14-7-6-13-20(22)17-18-25(23)24-16-9-8-15-21(24)19-11-4-3-5-12-19/h3-18H,2H2,1H3. The molecule has 0 atom stereocenters. The third-order valence-electron chi connectivity index (χ3n) is 4.68. The van der Waals surface area contributed by atoms with Crippen molar-refractivity contribution in [1.29, 1.82) is 0 Å². The molecule has 0 unspecified atom stereocenters. The average Bonchev–Trinajstić information content (AvgIpc) is 2.69. The van der Waals surface area contributed by atoms with Crippen molar-refractivity contribution in [2.75, 3.05) is 0 Å². The molecule has 1 radical (unpaired) electrons. The lowest BCUT2D eigenvalue weighted by Gasteiger charge is -2.16. The van der Waals surface area contributed by atoms with E-state index in [0.29, 0.717) is 0 Å². The summed E-state index contributed by atoms with van der Waals surface area (Å²) in [5, 5.41) is 2.62. The fraction of sp³-hybridized carbons (Fsp3) is 0.0800. The number of fused-ring (bicyclic) bond motifs is 1. The third-order valence-corrected chi connectivity index (χ3v) is 4.68. The lowest BCUT2D eigenvalue weighted by Crippen LogP contribution is -1.92. The first-order valence-electron chi connectivity index (χ1n) is 8.88. The average molecular weight is 321 g/mol. The molecule has 0 amide bonds. The van der Waals surface area contributed by atoms with Crippen molar-refractivity contribution in [3.8, 4) is 22.3 Å². The van der Waals surface area contributed by atoms with Crippen LogP contribution in [-0.2, 0) is 0 Å². The minimum Gasteiger partial charge on any atom is -0.0648 e. The molecule has 0 heteroatoms. The van der Waals surface area contributed by atoms with Gasteiger partial charge in [0.2, 0.25) is 0 Å². The molecule has 0 aromatic heterocycles. The van der Waals surface area contributed by atoms with Crippen LogP contribution < -0.4 is 0 Å². The molecule has 0 saturated heterocycles. The van der Waals surface area contributed by atoms with Crippen LogP contribution in [0.25, 0.3) is 33.0 Å². The number of rotatable bonds is 4. The van der Waals surface area contributed by atoms with E-state index in [-0.39, 0.29) is 0 Å². The van der Waals surface area contributed by atoms with Crippen LogP contribution in [0, 0.1) is 6.42 Å². The fourth-order valence-corrected chi connectivity index (χ4v) is 3.54. The van der Waals surface area contributed by atoms with Gasteiger partial charge in [0, 0.05) is 0 Å². The van der Waals surface area contributed by atoms with Gasteiger partial charge in [-0.2, -0.15) is 0 Å². The molecule has 0 bridgehead atoms. The Balaban J connectivity index is 1.98. The third kappa shape index (κ3) is 2.96. The summed E-state index contributed by atoms with van der Waals surface area (Å²) >= 11 is 0. The highest BCUT2D eigenvalue weighted by atomic mass is 14.2. The monoisotopic (exact) mass is 321 g/mol. The van der Waals surface area contributed by atoms with E-state index < -0.39 is 0 Å². The second-order valence-corrected chi connectivity index (χ2v) is 6.27. The van der Waals surface area contributed by atoms with Crippen LogP contribution in [0.5, 0.6) is 0 Å². The van der Waals surface area contributed by atoms with Crippen molar-refractivity contribution in [3.63, 3.8) is 0 Å². The molecule has 0 nitrogen and oxygen atoms in total. The molecule has 0 aliphatic rings. The van der Waals surface area contributed by atoms with Crippen LogP contribution in [0.3, 0.4) is 0 Å². The zero-order chi connectivity index (χ0) is 17.1. The number of hydrogen-bond acceptors (Lipinski definition) is 0. The molecule has 4 rings (SSSR count). The molecule has 121 valence electrons. The highest BCUT2D eigenvalue weighted by Gasteiger charge is 2.13. The van der Waals surface area contributed by atoms with E-state index in [0.717, 1.165) is 6.42 Å². The Morgan fingerprint density at radius 3 is 2.08 bits per heavy atom. The number of benzene rings is 4. The summed E-state index contributed by atoms with van der Waals surface area (Å²) in [4.78, 5) is 0. The smallest absolute Gasteiger partial charge is 0.00830 e. The van der Waals surface area contributed by atoms with Crippen molar-refractivity contribution < 1.29 is 0 Å². The van der Waals surface area contributed by atoms with Crippen LogP contribution in [0.2, 0.25) is 0 Å². The van der Waals surface area contributed by atoms with E-state index in [1.54, 1.807) is 0 Å². The van der Waals surface area contributed by atoms with Crippen molar-refractivity contribution >= 4 is 10.8 Å². The van der Waals surface area contributed by atoms with Crippen LogP contribution in [-0.4, -0.2) is 0 Å². The molecule has 4 aromatic rings. The van der Waals surface area contributed by atoms with Crippen LogP contribution >= 0.6 is 0 Å². The molecule has 4 aromatic carbocycles. The van der Waals surface area contributed by atoms with Gasteiger partial charge in [0.1, 0.15) is 0 Å². The van der Waals surface area contributed by atoms with Gasteiger partial charge >= 0.3 is 0 Å². The Morgan fingerprint density at radius 1 is 0.600 bits per heavy atom. The quantitative estimate of drug-likeness (QED) is 0.375. The summed E-state index contributed by atoms with van der Waals surface area (Å²) in [6, 6.07) is 32.5. The molecule has 0 saturated carbocycles. The van der Waals surface area contributed by atoms with Gasteiger partial charge in [-0.1, -0.05) is 97.9 Å². The summed E-state index contributed by atoms with van der Waals surface area (Å²) in [5.74, 6) is 0. The van der Waals surface area contributed by atoms with Crippen molar-refractivity contribution in [2.45, 2.75) is 13.3 Å². The normalized spacial score (nSPS) is 10.9. The van der Waals surface area contributed by atoms with Gasteiger partial charge in [-0.15, -0.1) is 0 Å². The predicted molar refractivity (Wildman–Crippen MR) is 109 cm³/mol. The highest BCUT2D eigenvalue weighted by molar-refractivity contribution is 5.96. The summed E-state index contributed by atoms with van der Waals surface area (Å²) in [7, 11) is 0.